The van der Waals surface area contributed by atoms with Gasteiger partial charge in [0.15, 0.2) is 0 Å². The Labute approximate surface area is 119 Å². The van der Waals surface area contributed by atoms with Gasteiger partial charge >= 0.3 is 6.18 Å². The Balaban J connectivity index is 2.39. The largest absolute Gasteiger partial charge is 0.508 e. The molecule has 1 saturated heterocycles. The SMILES string of the molecule is Oc1cc(O)c([C@@H](CC(F)(F)F)N2CCNCC2)c(O)c1. The van der Waals surface area contributed by atoms with Crippen molar-refractivity contribution in [2.75, 3.05) is 26.2 Å². The van der Waals surface area contributed by atoms with Crippen LogP contribution >= 0.6 is 0 Å². The molecule has 0 spiro atoms. The van der Waals surface area contributed by atoms with Crippen molar-refractivity contribution in [1.29, 1.82) is 0 Å². The van der Waals surface area contributed by atoms with Gasteiger partial charge in [-0.25, -0.2) is 0 Å². The molecule has 0 radical (unpaired) electrons. The quantitative estimate of drug-likeness (QED) is 0.684. The summed E-state index contributed by atoms with van der Waals surface area (Å²) in [5.41, 5.74) is -0.202. The lowest BCUT2D eigenvalue weighted by Gasteiger charge is -2.36. The molecule has 1 atom stereocenters. The fourth-order valence-electron chi connectivity index (χ4n) is 2.58. The van der Waals surface area contributed by atoms with Crippen molar-refractivity contribution in [3.05, 3.63) is 17.7 Å². The van der Waals surface area contributed by atoms with Crippen LogP contribution in [0.5, 0.6) is 17.2 Å². The van der Waals surface area contributed by atoms with Crippen LogP contribution in [-0.4, -0.2) is 52.6 Å². The Hall–Kier alpha value is -1.67. The highest BCUT2D eigenvalue weighted by Crippen LogP contribution is 2.43. The lowest BCUT2D eigenvalue weighted by molar-refractivity contribution is -0.148. The minimum atomic E-state index is -4.44. The van der Waals surface area contributed by atoms with Crippen LogP contribution in [0.4, 0.5) is 13.2 Å². The van der Waals surface area contributed by atoms with Crippen molar-refractivity contribution in [2.45, 2.75) is 18.6 Å². The molecule has 118 valence electrons. The molecule has 0 amide bonds. The molecule has 0 aromatic heterocycles. The van der Waals surface area contributed by atoms with Crippen molar-refractivity contribution in [3.63, 3.8) is 0 Å². The van der Waals surface area contributed by atoms with E-state index in [2.05, 4.69) is 5.32 Å². The van der Waals surface area contributed by atoms with E-state index in [4.69, 9.17) is 0 Å². The zero-order valence-corrected chi connectivity index (χ0v) is 11.2. The summed E-state index contributed by atoms with van der Waals surface area (Å²) in [7, 11) is 0. The van der Waals surface area contributed by atoms with Gasteiger partial charge in [-0.3, -0.25) is 4.90 Å². The van der Waals surface area contributed by atoms with E-state index < -0.39 is 35.9 Å². The van der Waals surface area contributed by atoms with Gasteiger partial charge in [-0.2, -0.15) is 13.2 Å². The summed E-state index contributed by atoms with van der Waals surface area (Å²) in [6, 6.07) is 0.675. The van der Waals surface area contributed by atoms with Crippen molar-refractivity contribution in [2.24, 2.45) is 0 Å². The topological polar surface area (TPSA) is 76.0 Å². The Bertz CT molecular complexity index is 479. The lowest BCUT2D eigenvalue weighted by Crippen LogP contribution is -2.46. The first-order valence-electron chi connectivity index (χ1n) is 6.54. The predicted molar refractivity (Wildman–Crippen MR) is 69.3 cm³/mol. The predicted octanol–water partition coefficient (Wildman–Crippen LogP) is 1.70. The van der Waals surface area contributed by atoms with Gasteiger partial charge in [-0.05, 0) is 0 Å². The van der Waals surface area contributed by atoms with Crippen molar-refractivity contribution in [3.8, 4) is 17.2 Å². The number of hydrogen-bond acceptors (Lipinski definition) is 5. The van der Waals surface area contributed by atoms with Crippen LogP contribution in [0.25, 0.3) is 0 Å². The van der Waals surface area contributed by atoms with E-state index in [0.29, 0.717) is 26.2 Å². The molecule has 1 fully saturated rings. The highest BCUT2D eigenvalue weighted by Gasteiger charge is 2.38. The van der Waals surface area contributed by atoms with Crippen LogP contribution in [0.3, 0.4) is 0 Å². The Morgan fingerprint density at radius 1 is 1.10 bits per heavy atom. The molecule has 8 heteroatoms. The maximum absolute atomic E-state index is 12.8. The van der Waals surface area contributed by atoms with Crippen molar-refractivity contribution in [1.82, 2.24) is 10.2 Å². The van der Waals surface area contributed by atoms with E-state index in [1.54, 1.807) is 4.90 Å². The summed E-state index contributed by atoms with van der Waals surface area (Å²) in [4.78, 5) is 1.57. The molecule has 0 bridgehead atoms. The number of piperazine rings is 1. The molecule has 1 aliphatic rings. The minimum Gasteiger partial charge on any atom is -0.508 e. The molecule has 1 heterocycles. The van der Waals surface area contributed by atoms with E-state index in [-0.39, 0.29) is 5.56 Å². The second kappa shape index (κ2) is 5.98. The van der Waals surface area contributed by atoms with E-state index in [0.717, 1.165) is 12.1 Å². The number of phenolic OH excluding ortho intramolecular Hbond substituents is 3. The molecule has 5 nitrogen and oxygen atoms in total. The number of phenols is 3. The number of halogens is 3. The Morgan fingerprint density at radius 2 is 1.62 bits per heavy atom. The third-order valence-electron chi connectivity index (χ3n) is 3.47. The molecule has 1 aliphatic heterocycles. The monoisotopic (exact) mass is 306 g/mol. The zero-order valence-electron chi connectivity index (χ0n) is 11.2. The lowest BCUT2D eigenvalue weighted by atomic mass is 9.98. The van der Waals surface area contributed by atoms with Crippen LogP contribution in [0.1, 0.15) is 18.0 Å². The van der Waals surface area contributed by atoms with Crippen LogP contribution in [0.15, 0.2) is 12.1 Å². The fraction of sp³-hybridized carbons (Fsp3) is 0.538. The second-order valence-corrected chi connectivity index (χ2v) is 5.02. The number of benzene rings is 1. The summed E-state index contributed by atoms with van der Waals surface area (Å²) in [6.07, 6.45) is -5.62. The van der Waals surface area contributed by atoms with Gasteiger partial charge in [-0.1, -0.05) is 0 Å². The first kappa shape index (κ1) is 15.7. The molecule has 1 aromatic rings. The number of nitrogens with one attached hydrogen (secondary N) is 1. The van der Waals surface area contributed by atoms with E-state index in [1.165, 1.54) is 0 Å². The minimum absolute atomic E-state index is 0.202. The average Bonchev–Trinajstić information content (AvgIpc) is 2.36. The molecule has 1 aromatic carbocycles. The van der Waals surface area contributed by atoms with Crippen LogP contribution < -0.4 is 5.32 Å². The molecule has 2 rings (SSSR count). The van der Waals surface area contributed by atoms with Gasteiger partial charge in [0.05, 0.1) is 18.0 Å². The standard InChI is InChI=1S/C13H17F3N2O3/c14-13(15,16)7-9(18-3-1-17-2-4-18)12-10(20)5-8(19)6-11(12)21/h5-6,9,17,19-21H,1-4,7H2/t9-/m1/s1. The Morgan fingerprint density at radius 3 is 2.10 bits per heavy atom. The maximum atomic E-state index is 12.8. The number of aromatic hydroxyl groups is 3. The van der Waals surface area contributed by atoms with Gasteiger partial charge < -0.3 is 20.6 Å². The molecule has 0 unspecified atom stereocenters. The molecule has 21 heavy (non-hydrogen) atoms. The molecular weight excluding hydrogens is 289 g/mol. The normalized spacial score (nSPS) is 18.6. The number of rotatable bonds is 3. The summed E-state index contributed by atoms with van der Waals surface area (Å²) < 4.78 is 38.5. The second-order valence-electron chi connectivity index (χ2n) is 5.02. The van der Waals surface area contributed by atoms with Gasteiger partial charge in [-0.15, -0.1) is 0 Å². The maximum Gasteiger partial charge on any atom is 0.390 e. The number of hydrogen-bond donors (Lipinski definition) is 4. The summed E-state index contributed by atoms with van der Waals surface area (Å²) >= 11 is 0. The summed E-state index contributed by atoms with van der Waals surface area (Å²) in [6.45, 7) is 1.82. The van der Waals surface area contributed by atoms with Gasteiger partial charge in [0.2, 0.25) is 0 Å². The number of nitrogens with zero attached hydrogens (tertiary/aromatic N) is 1. The third kappa shape index (κ3) is 3.92. The average molecular weight is 306 g/mol. The van der Waals surface area contributed by atoms with E-state index in [9.17, 15) is 28.5 Å². The highest BCUT2D eigenvalue weighted by molar-refractivity contribution is 5.50. The van der Waals surface area contributed by atoms with E-state index in [1.807, 2.05) is 0 Å². The fourth-order valence-corrected chi connectivity index (χ4v) is 2.58. The van der Waals surface area contributed by atoms with Gasteiger partial charge in [0.1, 0.15) is 17.2 Å². The highest BCUT2D eigenvalue weighted by atomic mass is 19.4. The molecule has 0 aliphatic carbocycles. The summed E-state index contributed by atoms with van der Waals surface area (Å²) in [5.74, 6) is -1.49. The molecular formula is C13H17F3N2O3. The van der Waals surface area contributed by atoms with Gasteiger partial charge in [0, 0.05) is 38.3 Å². The third-order valence-corrected chi connectivity index (χ3v) is 3.47. The van der Waals surface area contributed by atoms with Crippen LogP contribution in [0.2, 0.25) is 0 Å². The first-order valence-corrected chi connectivity index (χ1v) is 6.54. The molecule has 4 N–H and O–H groups in total. The van der Waals surface area contributed by atoms with Crippen molar-refractivity contribution >= 4 is 0 Å². The zero-order chi connectivity index (χ0) is 15.6. The first-order chi connectivity index (χ1) is 9.78. The Kier molecular flexibility index (Phi) is 4.48. The van der Waals surface area contributed by atoms with Crippen LogP contribution in [0, 0.1) is 0 Å². The molecule has 0 saturated carbocycles. The van der Waals surface area contributed by atoms with E-state index >= 15 is 0 Å². The summed E-state index contributed by atoms with van der Waals surface area (Å²) in [5, 5.41) is 32.0. The smallest absolute Gasteiger partial charge is 0.390 e. The van der Waals surface area contributed by atoms with Crippen molar-refractivity contribution < 1.29 is 28.5 Å². The van der Waals surface area contributed by atoms with Gasteiger partial charge in [0.25, 0.3) is 0 Å². The van der Waals surface area contributed by atoms with Crippen LogP contribution in [-0.2, 0) is 0 Å². The number of alkyl halides is 3.